The molecule has 2 aliphatic carbocycles. The lowest BCUT2D eigenvalue weighted by Crippen LogP contribution is -2.25. The predicted octanol–water partition coefficient (Wildman–Crippen LogP) is 9.04. The highest BCUT2D eigenvalue weighted by Crippen LogP contribution is 2.44. The van der Waals surface area contributed by atoms with E-state index in [1.165, 1.54) is 44.1 Å². The molecule has 0 heterocycles. The van der Waals surface area contributed by atoms with Crippen LogP contribution in [0.5, 0.6) is 5.75 Å². The average molecular weight is 489 g/mol. The molecule has 0 saturated heterocycles. The van der Waals surface area contributed by atoms with Crippen LogP contribution in [0.2, 0.25) is 0 Å². The van der Waals surface area contributed by atoms with E-state index in [0.29, 0.717) is 5.56 Å². The zero-order valence-electron chi connectivity index (χ0n) is 20.8. The molecule has 0 bridgehead atoms. The maximum absolute atomic E-state index is 15.0. The molecule has 0 N–H and O–H groups in total. The molecule has 0 atom stereocenters. The highest BCUT2D eigenvalue weighted by atomic mass is 19.2. The lowest BCUT2D eigenvalue weighted by atomic mass is 9.68. The Bertz CT molecular complexity index is 1030. The first-order chi connectivity index (χ1) is 16.9. The van der Waals surface area contributed by atoms with Crippen molar-refractivity contribution < 1.29 is 22.3 Å². The van der Waals surface area contributed by atoms with E-state index in [4.69, 9.17) is 4.74 Å². The summed E-state index contributed by atoms with van der Waals surface area (Å²) in [7, 11) is 0. The topological polar surface area (TPSA) is 9.23 Å². The van der Waals surface area contributed by atoms with Crippen molar-refractivity contribution in [3.8, 4) is 5.75 Å². The van der Waals surface area contributed by atoms with Crippen LogP contribution in [-0.2, 0) is 12.8 Å². The van der Waals surface area contributed by atoms with E-state index in [0.717, 1.165) is 43.4 Å². The summed E-state index contributed by atoms with van der Waals surface area (Å²) in [6, 6.07) is 6.08. The van der Waals surface area contributed by atoms with E-state index in [1.54, 1.807) is 25.1 Å². The van der Waals surface area contributed by atoms with Crippen LogP contribution in [0.4, 0.5) is 17.6 Å². The minimum absolute atomic E-state index is 0.0496. The van der Waals surface area contributed by atoms with Crippen LogP contribution in [0.25, 0.3) is 0 Å². The average Bonchev–Trinajstić information content (AvgIpc) is 2.87. The van der Waals surface area contributed by atoms with Crippen molar-refractivity contribution in [3.63, 3.8) is 0 Å². The van der Waals surface area contributed by atoms with E-state index in [9.17, 15) is 13.2 Å². The third-order valence-electron chi connectivity index (χ3n) is 8.25. The van der Waals surface area contributed by atoms with Crippen LogP contribution in [0.3, 0.4) is 0 Å². The molecule has 2 aliphatic rings. The Labute approximate surface area is 206 Å². The van der Waals surface area contributed by atoms with E-state index < -0.39 is 23.3 Å². The number of hydrogen-bond donors (Lipinski definition) is 0. The summed E-state index contributed by atoms with van der Waals surface area (Å²) in [5.74, 6) is -1.55. The van der Waals surface area contributed by atoms with E-state index >= 15 is 4.39 Å². The van der Waals surface area contributed by atoms with Gasteiger partial charge in [0.05, 0.1) is 6.26 Å². The zero-order chi connectivity index (χ0) is 24.9. The fourth-order valence-electron chi connectivity index (χ4n) is 6.04. The van der Waals surface area contributed by atoms with Gasteiger partial charge in [0.1, 0.15) is 0 Å². The minimum atomic E-state index is -1.08. The van der Waals surface area contributed by atoms with E-state index in [2.05, 4.69) is 6.92 Å². The first kappa shape index (κ1) is 25.8. The molecular weight excluding hydrogens is 452 g/mol. The summed E-state index contributed by atoms with van der Waals surface area (Å²) in [5.41, 5.74) is 0.754. The van der Waals surface area contributed by atoms with Gasteiger partial charge >= 0.3 is 0 Å². The van der Waals surface area contributed by atoms with Crippen molar-refractivity contribution in [2.75, 3.05) is 0 Å². The Morgan fingerprint density at radius 2 is 1.26 bits per heavy atom. The first-order valence-electron chi connectivity index (χ1n) is 13.1. The molecule has 4 rings (SSSR count). The van der Waals surface area contributed by atoms with Gasteiger partial charge in [-0.15, -0.1) is 0 Å². The standard InChI is InChI=1S/C30H36F4O/c1-3-18-35-26-17-15-24(28(32)30(26)34)13-12-23-14-16-25(29(33)27(23)31)22-10-8-21(9-11-22)20-6-4-19(2)5-7-20/h3,14-22H,4-13H2,1-2H3/b18-3+. The maximum Gasteiger partial charge on any atom is 0.201 e. The van der Waals surface area contributed by atoms with Crippen molar-refractivity contribution in [1.29, 1.82) is 0 Å². The third-order valence-corrected chi connectivity index (χ3v) is 8.25. The van der Waals surface area contributed by atoms with Gasteiger partial charge in [-0.1, -0.05) is 44.0 Å². The quantitative estimate of drug-likeness (QED) is 0.279. The van der Waals surface area contributed by atoms with Crippen molar-refractivity contribution in [1.82, 2.24) is 0 Å². The molecule has 0 radical (unpaired) electrons. The number of benzene rings is 2. The van der Waals surface area contributed by atoms with Gasteiger partial charge in [0.2, 0.25) is 5.82 Å². The molecule has 2 aromatic rings. The number of allylic oxidation sites excluding steroid dienone is 1. The van der Waals surface area contributed by atoms with Crippen LogP contribution < -0.4 is 4.74 Å². The number of hydrogen-bond acceptors (Lipinski definition) is 1. The molecule has 2 fully saturated rings. The molecule has 190 valence electrons. The van der Waals surface area contributed by atoms with Gasteiger partial charge in [-0.2, -0.15) is 4.39 Å². The summed E-state index contributed by atoms with van der Waals surface area (Å²) >= 11 is 0. The van der Waals surface area contributed by atoms with E-state index in [1.807, 2.05) is 0 Å². The minimum Gasteiger partial charge on any atom is -0.462 e. The van der Waals surface area contributed by atoms with Gasteiger partial charge in [-0.3, -0.25) is 0 Å². The molecule has 35 heavy (non-hydrogen) atoms. The highest BCUT2D eigenvalue weighted by molar-refractivity contribution is 5.34. The maximum atomic E-state index is 15.0. The Balaban J connectivity index is 1.37. The summed E-state index contributed by atoms with van der Waals surface area (Å²) in [5, 5.41) is 0. The second-order valence-electron chi connectivity index (χ2n) is 10.5. The van der Waals surface area contributed by atoms with Crippen LogP contribution >= 0.6 is 0 Å². The molecule has 2 aromatic carbocycles. The molecule has 0 unspecified atom stereocenters. The normalized spacial score (nSPS) is 25.2. The first-order valence-corrected chi connectivity index (χ1v) is 13.1. The molecule has 0 amide bonds. The Kier molecular flexibility index (Phi) is 8.56. The smallest absolute Gasteiger partial charge is 0.201 e. The Morgan fingerprint density at radius 3 is 1.86 bits per heavy atom. The second kappa shape index (κ2) is 11.6. The van der Waals surface area contributed by atoms with Gasteiger partial charge in [0.15, 0.2) is 23.2 Å². The summed E-state index contributed by atoms with van der Waals surface area (Å²) < 4.78 is 63.6. The van der Waals surface area contributed by atoms with E-state index in [-0.39, 0.29) is 35.6 Å². The largest absolute Gasteiger partial charge is 0.462 e. The molecule has 5 heteroatoms. The zero-order valence-corrected chi connectivity index (χ0v) is 20.8. The van der Waals surface area contributed by atoms with Gasteiger partial charge in [0.25, 0.3) is 0 Å². The SMILES string of the molecule is C/C=C/Oc1ccc(CCc2ccc(C3CCC(C4CCC(C)CC4)CC3)c(F)c2F)c(F)c1F. The lowest BCUT2D eigenvalue weighted by Gasteiger charge is -2.37. The third kappa shape index (κ3) is 5.92. The molecule has 0 aliphatic heterocycles. The number of halogens is 4. The van der Waals surface area contributed by atoms with Gasteiger partial charge in [-0.25, -0.2) is 13.2 Å². The van der Waals surface area contributed by atoms with Crippen LogP contribution in [0.15, 0.2) is 36.6 Å². The van der Waals surface area contributed by atoms with Crippen molar-refractivity contribution >= 4 is 0 Å². The highest BCUT2D eigenvalue weighted by Gasteiger charge is 2.32. The molecular formula is C30H36F4O. The van der Waals surface area contributed by atoms with Crippen LogP contribution in [0, 0.1) is 41.0 Å². The summed E-state index contributed by atoms with van der Waals surface area (Å²) in [6.45, 7) is 4.03. The fraction of sp³-hybridized carbons (Fsp3) is 0.533. The predicted molar refractivity (Wildman–Crippen MR) is 131 cm³/mol. The molecule has 0 aromatic heterocycles. The van der Waals surface area contributed by atoms with Gasteiger partial charge in [-0.05, 0) is 105 Å². The van der Waals surface area contributed by atoms with Gasteiger partial charge < -0.3 is 4.74 Å². The Morgan fingerprint density at radius 1 is 0.714 bits per heavy atom. The van der Waals surface area contributed by atoms with Crippen molar-refractivity contribution in [2.45, 2.75) is 84.0 Å². The van der Waals surface area contributed by atoms with Crippen LogP contribution in [-0.4, -0.2) is 0 Å². The lowest BCUT2D eigenvalue weighted by molar-refractivity contribution is 0.164. The summed E-state index contributed by atoms with van der Waals surface area (Å²) in [4.78, 5) is 0. The number of rotatable bonds is 7. The van der Waals surface area contributed by atoms with Crippen molar-refractivity contribution in [2.24, 2.45) is 17.8 Å². The molecule has 0 spiro atoms. The number of aryl methyl sites for hydroxylation is 2. The fourth-order valence-corrected chi connectivity index (χ4v) is 6.04. The summed E-state index contributed by atoms with van der Waals surface area (Å²) in [6.07, 6.45) is 12.2. The number of ether oxygens (including phenoxy) is 1. The molecule has 2 saturated carbocycles. The van der Waals surface area contributed by atoms with Gasteiger partial charge in [0, 0.05) is 0 Å². The monoisotopic (exact) mass is 488 g/mol. The Hall–Kier alpha value is -2.30. The molecule has 1 nitrogen and oxygen atoms in total. The van der Waals surface area contributed by atoms with Crippen LogP contribution in [0.1, 0.15) is 87.8 Å². The second-order valence-corrected chi connectivity index (χ2v) is 10.5. The van der Waals surface area contributed by atoms with Crippen molar-refractivity contribution in [3.05, 3.63) is 76.6 Å².